The Morgan fingerprint density at radius 3 is 3.00 bits per heavy atom. The zero-order valence-corrected chi connectivity index (χ0v) is 11.4. The molecule has 2 amide bonds. The first-order valence-electron chi connectivity index (χ1n) is 6.23. The number of hydrogen-bond acceptors (Lipinski definition) is 4. The van der Waals surface area contributed by atoms with Crippen LogP contribution in [-0.4, -0.2) is 50.7 Å². The van der Waals surface area contributed by atoms with Gasteiger partial charge in [-0.05, 0) is 25.1 Å². The number of carbonyl (C=O) groups is 1. The molecular weight excluding hydrogens is 258 g/mol. The zero-order chi connectivity index (χ0) is 14.5. The van der Waals surface area contributed by atoms with Crippen molar-refractivity contribution in [2.45, 2.75) is 13.0 Å². The summed E-state index contributed by atoms with van der Waals surface area (Å²) in [4.78, 5) is 13.4. The minimum Gasteiger partial charge on any atom is -0.394 e. The summed E-state index contributed by atoms with van der Waals surface area (Å²) in [6.07, 6.45) is 3.31. The lowest BCUT2D eigenvalue weighted by Gasteiger charge is -2.23. The minimum absolute atomic E-state index is 0.0804. The maximum absolute atomic E-state index is 12.0. The van der Waals surface area contributed by atoms with Gasteiger partial charge >= 0.3 is 6.03 Å². The molecular formula is C13H17N5O2. The summed E-state index contributed by atoms with van der Waals surface area (Å²) < 4.78 is 1.61. The lowest BCUT2D eigenvalue weighted by Crippen LogP contribution is -2.40. The first-order valence-corrected chi connectivity index (χ1v) is 6.23. The fraction of sp³-hybridized carbons (Fsp3) is 0.308. The fourth-order valence-electron chi connectivity index (χ4n) is 1.61. The van der Waals surface area contributed by atoms with Crippen LogP contribution in [-0.2, 0) is 0 Å². The van der Waals surface area contributed by atoms with Crippen LogP contribution in [0.5, 0.6) is 0 Å². The lowest BCUT2D eigenvalue weighted by atomic mass is 10.2. The third-order valence-corrected chi connectivity index (χ3v) is 3.03. The number of urea groups is 1. The van der Waals surface area contributed by atoms with Crippen LogP contribution < -0.4 is 5.32 Å². The van der Waals surface area contributed by atoms with Crippen LogP contribution in [0.3, 0.4) is 0 Å². The lowest BCUT2D eigenvalue weighted by molar-refractivity contribution is 0.166. The molecule has 7 nitrogen and oxygen atoms in total. The Kier molecular flexibility index (Phi) is 4.31. The Morgan fingerprint density at radius 2 is 2.35 bits per heavy atom. The second-order valence-corrected chi connectivity index (χ2v) is 4.47. The SMILES string of the molecule is CC(CO)N(C)C(=O)Nc1cccc(-n2ccnn2)c1. The van der Waals surface area contributed by atoms with Crippen LogP contribution in [0.4, 0.5) is 10.5 Å². The Morgan fingerprint density at radius 1 is 1.55 bits per heavy atom. The van der Waals surface area contributed by atoms with Gasteiger partial charge in [0.25, 0.3) is 0 Å². The monoisotopic (exact) mass is 275 g/mol. The second kappa shape index (κ2) is 6.16. The van der Waals surface area contributed by atoms with E-state index in [1.165, 1.54) is 4.90 Å². The van der Waals surface area contributed by atoms with Crippen LogP contribution >= 0.6 is 0 Å². The van der Waals surface area contributed by atoms with E-state index < -0.39 is 0 Å². The number of nitrogens with zero attached hydrogens (tertiary/aromatic N) is 4. The number of likely N-dealkylation sites (N-methyl/N-ethyl adjacent to an activating group) is 1. The fourth-order valence-corrected chi connectivity index (χ4v) is 1.61. The van der Waals surface area contributed by atoms with Crippen molar-refractivity contribution >= 4 is 11.7 Å². The van der Waals surface area contributed by atoms with E-state index in [1.807, 2.05) is 12.1 Å². The van der Waals surface area contributed by atoms with Gasteiger partial charge in [-0.2, -0.15) is 0 Å². The number of benzene rings is 1. The molecule has 0 saturated heterocycles. The molecule has 0 aliphatic carbocycles. The van der Waals surface area contributed by atoms with Crippen LogP contribution in [0.1, 0.15) is 6.92 Å². The molecule has 106 valence electrons. The smallest absolute Gasteiger partial charge is 0.321 e. The number of hydrogen-bond donors (Lipinski definition) is 2. The largest absolute Gasteiger partial charge is 0.394 e. The van der Waals surface area contributed by atoms with Gasteiger partial charge in [0.1, 0.15) is 0 Å². The van der Waals surface area contributed by atoms with Gasteiger partial charge in [0.05, 0.1) is 30.7 Å². The number of carbonyl (C=O) groups excluding carboxylic acids is 1. The Balaban J connectivity index is 2.10. The third-order valence-electron chi connectivity index (χ3n) is 3.03. The highest BCUT2D eigenvalue weighted by Gasteiger charge is 2.14. The van der Waals surface area contributed by atoms with Crippen molar-refractivity contribution in [3.8, 4) is 5.69 Å². The molecule has 0 fully saturated rings. The van der Waals surface area contributed by atoms with Crippen molar-refractivity contribution in [1.82, 2.24) is 19.9 Å². The standard InChI is InChI=1S/C13H17N5O2/c1-10(9-19)17(2)13(20)15-11-4-3-5-12(8-11)18-7-6-14-16-18/h3-8,10,19H,9H2,1-2H3,(H,15,20). The number of amides is 2. The molecule has 1 atom stereocenters. The number of aliphatic hydroxyl groups excluding tert-OH is 1. The third kappa shape index (κ3) is 3.12. The van der Waals surface area contributed by atoms with Crippen molar-refractivity contribution in [1.29, 1.82) is 0 Å². The van der Waals surface area contributed by atoms with E-state index in [0.29, 0.717) is 5.69 Å². The van der Waals surface area contributed by atoms with Crippen LogP contribution in [0.2, 0.25) is 0 Å². The molecule has 0 aliphatic heterocycles. The molecule has 2 rings (SSSR count). The van der Waals surface area contributed by atoms with Gasteiger partial charge in [0.2, 0.25) is 0 Å². The second-order valence-electron chi connectivity index (χ2n) is 4.47. The van der Waals surface area contributed by atoms with E-state index >= 15 is 0 Å². The summed E-state index contributed by atoms with van der Waals surface area (Å²) >= 11 is 0. The summed E-state index contributed by atoms with van der Waals surface area (Å²) in [7, 11) is 1.64. The van der Waals surface area contributed by atoms with E-state index in [9.17, 15) is 4.79 Å². The maximum Gasteiger partial charge on any atom is 0.321 e. The van der Waals surface area contributed by atoms with Crippen molar-refractivity contribution in [3.63, 3.8) is 0 Å². The summed E-state index contributed by atoms with van der Waals surface area (Å²) in [5.41, 5.74) is 1.46. The van der Waals surface area contributed by atoms with Gasteiger partial charge in [0, 0.05) is 12.7 Å². The first kappa shape index (κ1) is 14.0. The number of anilines is 1. The highest BCUT2D eigenvalue weighted by molar-refractivity contribution is 5.89. The van der Waals surface area contributed by atoms with E-state index in [4.69, 9.17) is 5.11 Å². The molecule has 1 unspecified atom stereocenters. The quantitative estimate of drug-likeness (QED) is 0.875. The number of aliphatic hydroxyl groups is 1. The molecule has 0 bridgehead atoms. The topological polar surface area (TPSA) is 83.3 Å². The number of aromatic nitrogens is 3. The van der Waals surface area contributed by atoms with Crippen molar-refractivity contribution in [2.75, 3.05) is 19.0 Å². The van der Waals surface area contributed by atoms with Gasteiger partial charge < -0.3 is 15.3 Å². The Hall–Kier alpha value is -2.41. The van der Waals surface area contributed by atoms with Crippen LogP contribution in [0.25, 0.3) is 5.69 Å². The van der Waals surface area contributed by atoms with Crippen molar-refractivity contribution in [3.05, 3.63) is 36.7 Å². The summed E-state index contributed by atoms with van der Waals surface area (Å²) in [6, 6.07) is 6.75. The molecule has 1 aromatic carbocycles. The van der Waals surface area contributed by atoms with Gasteiger partial charge in [-0.15, -0.1) is 5.10 Å². The highest BCUT2D eigenvalue weighted by atomic mass is 16.3. The van der Waals surface area contributed by atoms with Crippen molar-refractivity contribution in [2.24, 2.45) is 0 Å². The van der Waals surface area contributed by atoms with Gasteiger partial charge in [-0.25, -0.2) is 9.48 Å². The average Bonchev–Trinajstić information content (AvgIpc) is 3.00. The molecule has 2 aromatic rings. The molecule has 0 saturated carbocycles. The molecule has 1 aromatic heterocycles. The minimum atomic E-state index is -0.276. The van der Waals surface area contributed by atoms with Crippen LogP contribution in [0.15, 0.2) is 36.7 Å². The molecule has 0 spiro atoms. The molecule has 7 heteroatoms. The van der Waals surface area contributed by atoms with Crippen LogP contribution in [0, 0.1) is 0 Å². The molecule has 1 heterocycles. The average molecular weight is 275 g/mol. The van der Waals surface area contributed by atoms with E-state index in [1.54, 1.807) is 43.2 Å². The predicted octanol–water partition coefficient (Wildman–Crippen LogP) is 1.11. The Labute approximate surface area is 116 Å². The zero-order valence-electron chi connectivity index (χ0n) is 11.4. The molecule has 2 N–H and O–H groups in total. The van der Waals surface area contributed by atoms with Gasteiger partial charge in [0.15, 0.2) is 0 Å². The summed E-state index contributed by atoms with van der Waals surface area (Å²) in [5.74, 6) is 0. The predicted molar refractivity (Wildman–Crippen MR) is 74.7 cm³/mol. The summed E-state index contributed by atoms with van der Waals surface area (Å²) in [6.45, 7) is 1.69. The maximum atomic E-state index is 12.0. The van der Waals surface area contributed by atoms with E-state index in [-0.39, 0.29) is 18.7 Å². The first-order chi connectivity index (χ1) is 9.61. The molecule has 20 heavy (non-hydrogen) atoms. The van der Waals surface area contributed by atoms with Gasteiger partial charge in [-0.3, -0.25) is 0 Å². The summed E-state index contributed by atoms with van der Waals surface area (Å²) in [5, 5.41) is 19.5. The van der Waals surface area contributed by atoms with E-state index in [0.717, 1.165) is 5.69 Å². The number of nitrogens with one attached hydrogen (secondary N) is 1. The van der Waals surface area contributed by atoms with Gasteiger partial charge in [-0.1, -0.05) is 11.3 Å². The van der Waals surface area contributed by atoms with E-state index in [2.05, 4.69) is 15.6 Å². The number of rotatable bonds is 4. The van der Waals surface area contributed by atoms with Crippen molar-refractivity contribution < 1.29 is 9.90 Å². The molecule has 0 aliphatic rings. The molecule has 0 radical (unpaired) electrons. The normalized spacial score (nSPS) is 11.9. The Bertz CT molecular complexity index is 570. The highest BCUT2D eigenvalue weighted by Crippen LogP contribution is 2.14.